The van der Waals surface area contributed by atoms with Crippen LogP contribution in [0.15, 0.2) is 0 Å². The van der Waals surface area contributed by atoms with Gasteiger partial charge in [0.25, 0.3) is 0 Å². The minimum atomic E-state index is -0.998. The largest absolute Gasteiger partial charge is 0.480 e. The molecule has 20 heavy (non-hydrogen) atoms. The van der Waals surface area contributed by atoms with Gasteiger partial charge in [-0.05, 0) is 25.4 Å². The highest BCUT2D eigenvalue weighted by atomic mass is 16.4. The average Bonchev–Trinajstić information content (AvgIpc) is 2.65. The number of carboxylic acid groups (broad SMARTS) is 1. The van der Waals surface area contributed by atoms with Gasteiger partial charge in [-0.2, -0.15) is 0 Å². The summed E-state index contributed by atoms with van der Waals surface area (Å²) in [7, 11) is 4.00. The molecule has 1 aliphatic heterocycles. The fourth-order valence-electron chi connectivity index (χ4n) is 2.65. The summed E-state index contributed by atoms with van der Waals surface area (Å²) in [6.07, 6.45) is 0. The van der Waals surface area contributed by atoms with Crippen molar-refractivity contribution < 1.29 is 14.7 Å². The Morgan fingerprint density at radius 3 is 2.20 bits per heavy atom. The van der Waals surface area contributed by atoms with Gasteiger partial charge < -0.3 is 20.2 Å². The summed E-state index contributed by atoms with van der Waals surface area (Å²) >= 11 is 0. The van der Waals surface area contributed by atoms with E-state index in [1.165, 1.54) is 0 Å². The van der Waals surface area contributed by atoms with Crippen LogP contribution in [0.25, 0.3) is 0 Å². The molecule has 0 spiro atoms. The van der Waals surface area contributed by atoms with Crippen molar-refractivity contribution in [2.75, 3.05) is 27.2 Å². The molecule has 0 saturated carbocycles. The molecule has 1 aliphatic rings. The molecule has 3 atom stereocenters. The van der Waals surface area contributed by atoms with E-state index < -0.39 is 17.4 Å². The molecular weight excluding hydrogens is 258 g/mol. The van der Waals surface area contributed by atoms with Crippen molar-refractivity contribution >= 4 is 12.0 Å². The van der Waals surface area contributed by atoms with Crippen LogP contribution in [0.2, 0.25) is 0 Å². The van der Waals surface area contributed by atoms with Gasteiger partial charge in [0, 0.05) is 19.1 Å². The van der Waals surface area contributed by atoms with Crippen LogP contribution in [0.3, 0.4) is 0 Å². The summed E-state index contributed by atoms with van der Waals surface area (Å²) in [5, 5.41) is 11.9. The summed E-state index contributed by atoms with van der Waals surface area (Å²) in [5.41, 5.74) is -0.520. The minimum absolute atomic E-state index is 0.288. The molecule has 1 heterocycles. The van der Waals surface area contributed by atoms with Crippen molar-refractivity contribution in [2.45, 2.75) is 39.8 Å². The van der Waals surface area contributed by atoms with Crippen LogP contribution in [0.5, 0.6) is 0 Å². The maximum atomic E-state index is 12.3. The van der Waals surface area contributed by atoms with E-state index in [4.69, 9.17) is 0 Å². The average molecular weight is 285 g/mol. The maximum Gasteiger partial charge on any atom is 0.326 e. The summed E-state index contributed by atoms with van der Waals surface area (Å²) < 4.78 is 0. The molecule has 2 amide bonds. The normalized spacial score (nSPS) is 24.9. The first kappa shape index (κ1) is 16.8. The van der Waals surface area contributed by atoms with E-state index in [-0.39, 0.29) is 6.03 Å². The molecule has 0 aliphatic carbocycles. The number of nitrogens with zero attached hydrogens (tertiary/aromatic N) is 2. The number of nitrogens with one attached hydrogen (secondary N) is 1. The predicted molar refractivity (Wildman–Crippen MR) is 77.6 cm³/mol. The molecule has 6 heteroatoms. The number of hydrogen-bond donors (Lipinski definition) is 2. The second-order valence-corrected chi connectivity index (χ2v) is 7.00. The topological polar surface area (TPSA) is 72.9 Å². The summed E-state index contributed by atoms with van der Waals surface area (Å²) in [6, 6.07) is -0.856. The van der Waals surface area contributed by atoms with Gasteiger partial charge in [0.1, 0.15) is 6.04 Å². The van der Waals surface area contributed by atoms with Crippen molar-refractivity contribution in [2.24, 2.45) is 11.3 Å². The third-order valence-electron chi connectivity index (χ3n) is 3.90. The quantitative estimate of drug-likeness (QED) is 0.814. The highest BCUT2D eigenvalue weighted by Crippen LogP contribution is 2.22. The molecule has 2 unspecified atom stereocenters. The van der Waals surface area contributed by atoms with Crippen LogP contribution >= 0.6 is 0 Å². The van der Waals surface area contributed by atoms with Crippen LogP contribution in [0.4, 0.5) is 4.79 Å². The molecule has 116 valence electrons. The van der Waals surface area contributed by atoms with Crippen LogP contribution in [0.1, 0.15) is 27.7 Å². The Hall–Kier alpha value is -1.30. The minimum Gasteiger partial charge on any atom is -0.480 e. The molecule has 1 fully saturated rings. The van der Waals surface area contributed by atoms with Gasteiger partial charge in [-0.25, -0.2) is 9.59 Å². The van der Waals surface area contributed by atoms with Crippen LogP contribution in [-0.2, 0) is 4.79 Å². The Balaban J connectivity index is 2.70. The molecule has 6 nitrogen and oxygen atoms in total. The Morgan fingerprint density at radius 1 is 1.30 bits per heavy atom. The zero-order chi connectivity index (χ0) is 15.7. The number of likely N-dealkylation sites (tertiary alicyclic amines) is 1. The number of carbonyl (C=O) groups is 2. The molecule has 0 aromatic heterocycles. The fourth-order valence-corrected chi connectivity index (χ4v) is 2.65. The van der Waals surface area contributed by atoms with Crippen LogP contribution < -0.4 is 5.32 Å². The number of aliphatic carboxylic acids is 1. The first-order valence-corrected chi connectivity index (χ1v) is 6.98. The van der Waals surface area contributed by atoms with Gasteiger partial charge >= 0.3 is 12.0 Å². The standard InChI is InChI=1S/C14H27N3O3/c1-9-7-17(8-10(9)16(5)6)13(20)15-11(12(18)19)14(2,3)4/h9-11H,7-8H2,1-6H3,(H,15,20)(H,18,19)/t9?,10?,11-/m0/s1. The number of urea groups is 1. The Morgan fingerprint density at radius 2 is 1.85 bits per heavy atom. The van der Waals surface area contributed by atoms with E-state index in [2.05, 4.69) is 17.1 Å². The van der Waals surface area contributed by atoms with Gasteiger partial charge in [-0.15, -0.1) is 0 Å². The number of carboxylic acids is 1. The van der Waals surface area contributed by atoms with Crippen molar-refractivity contribution in [1.82, 2.24) is 15.1 Å². The van der Waals surface area contributed by atoms with Crippen molar-refractivity contribution in [3.05, 3.63) is 0 Å². The third-order valence-corrected chi connectivity index (χ3v) is 3.90. The zero-order valence-corrected chi connectivity index (χ0v) is 13.3. The summed E-state index contributed by atoms with van der Waals surface area (Å²) in [6.45, 7) is 8.82. The number of hydrogen-bond acceptors (Lipinski definition) is 3. The van der Waals surface area contributed by atoms with Crippen molar-refractivity contribution in [3.8, 4) is 0 Å². The molecular formula is C14H27N3O3. The number of rotatable bonds is 3. The van der Waals surface area contributed by atoms with Gasteiger partial charge in [0.15, 0.2) is 0 Å². The second-order valence-electron chi connectivity index (χ2n) is 7.00. The van der Waals surface area contributed by atoms with E-state index in [0.29, 0.717) is 25.0 Å². The molecule has 1 rings (SSSR count). The van der Waals surface area contributed by atoms with E-state index in [1.54, 1.807) is 25.7 Å². The lowest BCUT2D eigenvalue weighted by Crippen LogP contribution is -2.53. The second kappa shape index (κ2) is 5.99. The molecule has 0 radical (unpaired) electrons. The summed E-state index contributed by atoms with van der Waals surface area (Å²) in [4.78, 5) is 27.4. The maximum absolute atomic E-state index is 12.3. The molecule has 0 aromatic carbocycles. The van der Waals surface area contributed by atoms with Crippen molar-refractivity contribution in [3.63, 3.8) is 0 Å². The summed E-state index contributed by atoms with van der Waals surface area (Å²) in [5.74, 6) is -0.615. The van der Waals surface area contributed by atoms with Gasteiger partial charge in [0.2, 0.25) is 0 Å². The van der Waals surface area contributed by atoms with Crippen molar-refractivity contribution in [1.29, 1.82) is 0 Å². The lowest BCUT2D eigenvalue weighted by Gasteiger charge is -2.30. The third kappa shape index (κ3) is 3.85. The van der Waals surface area contributed by atoms with E-state index in [1.807, 2.05) is 14.1 Å². The molecule has 0 bridgehead atoms. The zero-order valence-electron chi connectivity index (χ0n) is 13.3. The smallest absolute Gasteiger partial charge is 0.326 e. The predicted octanol–water partition coefficient (Wildman–Crippen LogP) is 1.08. The Bertz CT molecular complexity index is 376. The van der Waals surface area contributed by atoms with Crippen LogP contribution in [0, 0.1) is 11.3 Å². The SMILES string of the molecule is CC1CN(C(=O)N[C@@H](C(=O)O)C(C)(C)C)CC1N(C)C. The number of amides is 2. The highest BCUT2D eigenvalue weighted by Gasteiger charge is 2.37. The first-order valence-electron chi connectivity index (χ1n) is 6.98. The fraction of sp³-hybridized carbons (Fsp3) is 0.857. The highest BCUT2D eigenvalue weighted by molar-refractivity contribution is 5.83. The Labute approximate surface area is 121 Å². The molecule has 2 N–H and O–H groups in total. The van der Waals surface area contributed by atoms with Gasteiger partial charge in [-0.3, -0.25) is 0 Å². The lowest BCUT2D eigenvalue weighted by atomic mass is 9.87. The molecule has 1 saturated heterocycles. The van der Waals surface area contributed by atoms with Gasteiger partial charge in [0.05, 0.1) is 0 Å². The lowest BCUT2D eigenvalue weighted by molar-refractivity contribution is -0.142. The number of likely N-dealkylation sites (N-methyl/N-ethyl adjacent to an activating group) is 1. The molecule has 0 aromatic rings. The first-order chi connectivity index (χ1) is 9.04. The monoisotopic (exact) mass is 285 g/mol. The number of carbonyl (C=O) groups excluding carboxylic acids is 1. The van der Waals surface area contributed by atoms with E-state index >= 15 is 0 Å². The Kier molecular flexibility index (Phi) is 5.02. The van der Waals surface area contributed by atoms with E-state index in [0.717, 1.165) is 0 Å². The van der Waals surface area contributed by atoms with Gasteiger partial charge in [-0.1, -0.05) is 27.7 Å². The van der Waals surface area contributed by atoms with E-state index in [9.17, 15) is 14.7 Å². The van der Waals surface area contributed by atoms with Crippen LogP contribution in [-0.4, -0.2) is 66.2 Å².